The van der Waals surface area contributed by atoms with E-state index in [1.165, 1.54) is 25.7 Å². The summed E-state index contributed by atoms with van der Waals surface area (Å²) in [5.41, 5.74) is 0.791. The van der Waals surface area contributed by atoms with Crippen molar-refractivity contribution in [3.05, 3.63) is 29.2 Å². The number of hydrogen-bond donors (Lipinski definition) is 1. The molecule has 6 heteroatoms. The molecule has 0 aliphatic heterocycles. The van der Waals surface area contributed by atoms with Crippen molar-refractivity contribution in [2.75, 3.05) is 6.54 Å². The lowest BCUT2D eigenvalue weighted by Gasteiger charge is -2.67. The maximum atomic E-state index is 13.4. The lowest BCUT2D eigenvalue weighted by atomic mass is 9.36. The Labute approximate surface area is 259 Å². The highest BCUT2D eigenvalue weighted by molar-refractivity contribution is 6.04. The number of nitriles is 1. The van der Waals surface area contributed by atoms with Crippen LogP contribution < -0.4 is 5.32 Å². The van der Waals surface area contributed by atoms with E-state index in [4.69, 9.17) is 4.52 Å². The molecule has 4 aliphatic carbocycles. The van der Waals surface area contributed by atoms with Gasteiger partial charge in [-0.25, -0.2) is 0 Å². The van der Waals surface area contributed by atoms with Crippen molar-refractivity contribution in [2.24, 2.45) is 50.2 Å². The van der Waals surface area contributed by atoms with Gasteiger partial charge in [-0.05, 0) is 110 Å². The van der Waals surface area contributed by atoms with E-state index in [0.29, 0.717) is 17.8 Å². The van der Waals surface area contributed by atoms with Crippen LogP contribution in [0.15, 0.2) is 22.2 Å². The lowest BCUT2D eigenvalue weighted by Crippen LogP contribution is -2.62. The Morgan fingerprint density at radius 2 is 1.77 bits per heavy atom. The zero-order valence-corrected chi connectivity index (χ0v) is 28.3. The number of Topliss-reactive ketones (excluding diaryl/α,β-unsaturated/α-hetero) is 2. The molecule has 3 saturated carbocycles. The normalized spacial score (nSPS) is 40.1. The molecule has 0 bridgehead atoms. The van der Waals surface area contributed by atoms with Gasteiger partial charge in [-0.15, -0.1) is 0 Å². The van der Waals surface area contributed by atoms with E-state index in [1.54, 1.807) is 6.92 Å². The van der Waals surface area contributed by atoms with E-state index in [1.807, 2.05) is 32.9 Å². The number of aromatic nitrogens is 1. The lowest BCUT2D eigenvalue weighted by molar-refractivity contribution is -0.177. The average Bonchev–Trinajstić information content (AvgIpc) is 3.33. The van der Waals surface area contributed by atoms with Gasteiger partial charge in [0.2, 0.25) is 0 Å². The largest absolute Gasteiger partial charge is 0.361 e. The Kier molecular flexibility index (Phi) is 7.98. The number of carbonyl (C=O) groups excluding carboxylic acids is 2. The molecular formula is C37H55N3O3. The Morgan fingerprint density at radius 1 is 1.07 bits per heavy atom. The third kappa shape index (κ3) is 5.26. The molecule has 43 heavy (non-hydrogen) atoms. The SMILES string of the molecule is CC(=O)C[C@@H]1[C@@]2(C)C=C(C#N)C(=O)C(C)(C)[C@@H]2CC[C@@]1(C)[C@]1(C)CC[C@@]2(CNCc3cc(C)on3)CCC(C)(C)CC2C1. The predicted octanol–water partition coefficient (Wildman–Crippen LogP) is 8.15. The second-order valence-corrected chi connectivity index (χ2v) is 17.3. The highest BCUT2D eigenvalue weighted by Crippen LogP contribution is 2.72. The first-order valence-electron chi connectivity index (χ1n) is 16.7. The third-order valence-electron chi connectivity index (χ3n) is 13.7. The Hall–Kier alpha value is -2.26. The molecule has 0 aromatic carbocycles. The fourth-order valence-corrected chi connectivity index (χ4v) is 11.0. The molecule has 0 spiro atoms. The van der Waals surface area contributed by atoms with Gasteiger partial charge in [-0.1, -0.05) is 59.7 Å². The molecule has 1 N–H and O–H groups in total. The van der Waals surface area contributed by atoms with Crippen LogP contribution >= 0.6 is 0 Å². The topological polar surface area (TPSA) is 96.0 Å². The van der Waals surface area contributed by atoms with Gasteiger partial charge < -0.3 is 14.6 Å². The molecule has 0 saturated heterocycles. The first kappa shape index (κ1) is 32.1. The number of carbonyl (C=O) groups is 2. The summed E-state index contributed by atoms with van der Waals surface area (Å²) in [4.78, 5) is 26.4. The minimum absolute atomic E-state index is 0.0333. The second-order valence-electron chi connectivity index (χ2n) is 17.3. The standard InChI is InChI=1S/C37H55N3O3/c1-24(41)16-30-35(8)18-26(21-38)31(42)33(5,6)29(35)10-11-36(30,9)34(7)13-15-37(14-12-32(3,4)19-27(37)20-34)23-39-22-28-17-25(2)43-40-28/h17-18,27,29-30,39H,10-16,19-20,22-23H2,1-9H3/t27?,29-,30+,34+,35-,36+,37+/m0/s1. The summed E-state index contributed by atoms with van der Waals surface area (Å²) in [6, 6.07) is 4.27. The van der Waals surface area contributed by atoms with Crippen LogP contribution in [0, 0.1) is 68.5 Å². The highest BCUT2D eigenvalue weighted by Gasteiger charge is 2.66. The van der Waals surface area contributed by atoms with E-state index < -0.39 is 5.41 Å². The minimum Gasteiger partial charge on any atom is -0.361 e. The summed E-state index contributed by atoms with van der Waals surface area (Å²) < 4.78 is 5.31. The minimum atomic E-state index is -0.616. The van der Waals surface area contributed by atoms with Gasteiger partial charge in [0.1, 0.15) is 17.6 Å². The molecule has 0 radical (unpaired) electrons. The first-order chi connectivity index (χ1) is 19.9. The molecule has 236 valence electrons. The number of allylic oxidation sites excluding steroid dienone is 2. The highest BCUT2D eigenvalue weighted by atomic mass is 16.5. The van der Waals surface area contributed by atoms with Gasteiger partial charge >= 0.3 is 0 Å². The summed E-state index contributed by atoms with van der Waals surface area (Å²) in [5.74, 6) is 1.81. The van der Waals surface area contributed by atoms with Crippen LogP contribution in [0.25, 0.3) is 0 Å². The molecule has 3 fully saturated rings. The number of nitrogens with zero attached hydrogens (tertiary/aromatic N) is 2. The van der Waals surface area contributed by atoms with Crippen LogP contribution in [-0.4, -0.2) is 23.3 Å². The van der Waals surface area contributed by atoms with Gasteiger partial charge in [0, 0.05) is 31.0 Å². The van der Waals surface area contributed by atoms with Gasteiger partial charge in [0.15, 0.2) is 5.78 Å². The van der Waals surface area contributed by atoms with E-state index in [0.717, 1.165) is 50.2 Å². The van der Waals surface area contributed by atoms with Crippen LogP contribution in [-0.2, 0) is 16.1 Å². The molecule has 7 atom stereocenters. The van der Waals surface area contributed by atoms with E-state index in [2.05, 4.69) is 51.2 Å². The fourth-order valence-electron chi connectivity index (χ4n) is 11.0. The zero-order valence-electron chi connectivity index (χ0n) is 28.3. The molecule has 4 aliphatic rings. The molecule has 0 amide bonds. The molecule has 1 heterocycles. The molecular weight excluding hydrogens is 534 g/mol. The summed E-state index contributed by atoms with van der Waals surface area (Å²) in [5, 5.41) is 18.0. The van der Waals surface area contributed by atoms with Gasteiger partial charge in [0.25, 0.3) is 0 Å². The van der Waals surface area contributed by atoms with E-state index in [-0.39, 0.29) is 50.6 Å². The van der Waals surface area contributed by atoms with Gasteiger partial charge in [0.05, 0.1) is 11.3 Å². The average molecular weight is 590 g/mol. The molecule has 1 aromatic heterocycles. The van der Waals surface area contributed by atoms with Crippen LogP contribution in [0.1, 0.15) is 125 Å². The number of aryl methyl sites for hydroxylation is 1. The zero-order chi connectivity index (χ0) is 31.6. The van der Waals surface area contributed by atoms with Crippen molar-refractivity contribution in [3.63, 3.8) is 0 Å². The van der Waals surface area contributed by atoms with Crippen LogP contribution in [0.5, 0.6) is 0 Å². The first-order valence-corrected chi connectivity index (χ1v) is 16.7. The maximum Gasteiger partial charge on any atom is 0.178 e. The Bertz CT molecular complexity index is 1350. The van der Waals surface area contributed by atoms with E-state index in [9.17, 15) is 14.9 Å². The maximum absolute atomic E-state index is 13.4. The molecule has 5 rings (SSSR count). The fraction of sp³-hybridized carbons (Fsp3) is 0.784. The number of nitrogens with one attached hydrogen (secondary N) is 1. The number of fused-ring (bicyclic) bond motifs is 2. The Balaban J connectivity index is 1.49. The van der Waals surface area contributed by atoms with Crippen molar-refractivity contribution in [1.82, 2.24) is 10.5 Å². The van der Waals surface area contributed by atoms with Gasteiger partial charge in [-0.2, -0.15) is 5.26 Å². The van der Waals surface area contributed by atoms with Crippen LogP contribution in [0.2, 0.25) is 0 Å². The molecule has 1 aromatic rings. The monoisotopic (exact) mass is 589 g/mol. The number of ketones is 2. The van der Waals surface area contributed by atoms with Crippen molar-refractivity contribution >= 4 is 11.6 Å². The summed E-state index contributed by atoms with van der Waals surface area (Å²) in [6.45, 7) is 21.6. The summed E-state index contributed by atoms with van der Waals surface area (Å²) in [7, 11) is 0. The second kappa shape index (κ2) is 10.7. The summed E-state index contributed by atoms with van der Waals surface area (Å²) in [6.07, 6.45) is 11.7. The molecule has 6 nitrogen and oxygen atoms in total. The van der Waals surface area contributed by atoms with Crippen LogP contribution in [0.4, 0.5) is 0 Å². The number of rotatable bonds is 7. The van der Waals surface area contributed by atoms with Crippen molar-refractivity contribution in [1.29, 1.82) is 5.26 Å². The third-order valence-corrected chi connectivity index (χ3v) is 13.7. The number of hydrogen-bond acceptors (Lipinski definition) is 6. The summed E-state index contributed by atoms with van der Waals surface area (Å²) >= 11 is 0. The van der Waals surface area contributed by atoms with Crippen molar-refractivity contribution in [2.45, 2.75) is 127 Å². The van der Waals surface area contributed by atoms with E-state index >= 15 is 0 Å². The molecule has 1 unspecified atom stereocenters. The van der Waals surface area contributed by atoms with Crippen molar-refractivity contribution in [3.8, 4) is 6.07 Å². The quantitative estimate of drug-likeness (QED) is 0.345. The predicted molar refractivity (Wildman–Crippen MR) is 169 cm³/mol. The van der Waals surface area contributed by atoms with Crippen LogP contribution in [0.3, 0.4) is 0 Å². The Morgan fingerprint density at radius 3 is 2.40 bits per heavy atom. The van der Waals surface area contributed by atoms with Gasteiger partial charge in [-0.3, -0.25) is 4.79 Å². The smallest absolute Gasteiger partial charge is 0.178 e. The van der Waals surface area contributed by atoms with Crippen molar-refractivity contribution < 1.29 is 14.1 Å².